The van der Waals surface area contributed by atoms with E-state index in [1.165, 1.54) is 6.07 Å². The maximum absolute atomic E-state index is 10.5. The molecule has 8 nitrogen and oxygen atoms in total. The second kappa shape index (κ2) is 5.61. The van der Waals surface area contributed by atoms with E-state index in [2.05, 4.69) is 10.3 Å². The third-order valence-electron chi connectivity index (χ3n) is 2.68. The fourth-order valence-electron chi connectivity index (χ4n) is 1.73. The second-order valence-corrected chi connectivity index (χ2v) is 4.23. The first-order valence-electron chi connectivity index (χ1n) is 5.99. The van der Waals surface area contributed by atoms with Crippen LogP contribution in [0.1, 0.15) is 37.3 Å². The number of hydrogen-bond acceptors (Lipinski definition) is 6. The van der Waals surface area contributed by atoms with E-state index in [4.69, 9.17) is 10.2 Å². The molecule has 0 amide bonds. The smallest absolute Gasteiger partial charge is 0.404 e. The molecule has 2 rings (SSSR count). The minimum atomic E-state index is -0.576. The fourth-order valence-corrected chi connectivity index (χ4v) is 1.73. The molecule has 2 N–H and O–H groups in total. The minimum Gasteiger partial charge on any atom is -0.404 e. The molecule has 1 atom stereocenters. The molecule has 0 aliphatic rings. The summed E-state index contributed by atoms with van der Waals surface area (Å²) in [4.78, 5) is 9.92. The van der Waals surface area contributed by atoms with E-state index in [-0.39, 0.29) is 11.9 Å². The standard InChI is InChI=1S/C11H15N5O3/c1-2-3-9(12)10-7-15(14-13-10)6-8-4-5-11(19-8)16(17)18/h4-5,7,9H,2-3,6,12H2,1H3. The van der Waals surface area contributed by atoms with Gasteiger partial charge in [-0.1, -0.05) is 18.6 Å². The first kappa shape index (κ1) is 13.2. The van der Waals surface area contributed by atoms with Gasteiger partial charge < -0.3 is 10.2 Å². The van der Waals surface area contributed by atoms with Gasteiger partial charge in [0.05, 0.1) is 24.0 Å². The topological polar surface area (TPSA) is 113 Å². The molecule has 0 aliphatic heterocycles. The van der Waals surface area contributed by atoms with Gasteiger partial charge in [-0.25, -0.2) is 4.68 Å². The second-order valence-electron chi connectivity index (χ2n) is 4.23. The summed E-state index contributed by atoms with van der Waals surface area (Å²) in [7, 11) is 0. The Kier molecular flexibility index (Phi) is 3.91. The van der Waals surface area contributed by atoms with E-state index < -0.39 is 4.92 Å². The van der Waals surface area contributed by atoms with Crippen LogP contribution in [0.3, 0.4) is 0 Å². The van der Waals surface area contributed by atoms with Crippen LogP contribution < -0.4 is 5.73 Å². The number of nitrogens with two attached hydrogens (primary N) is 1. The number of aromatic nitrogens is 3. The molecule has 2 heterocycles. The molecule has 0 saturated heterocycles. The molecule has 0 saturated carbocycles. The molecule has 102 valence electrons. The Hall–Kier alpha value is -2.22. The highest BCUT2D eigenvalue weighted by atomic mass is 16.6. The quantitative estimate of drug-likeness (QED) is 0.627. The maximum Gasteiger partial charge on any atom is 0.433 e. The van der Waals surface area contributed by atoms with Gasteiger partial charge in [0.15, 0.2) is 0 Å². The van der Waals surface area contributed by atoms with Crippen molar-refractivity contribution in [2.75, 3.05) is 0 Å². The summed E-state index contributed by atoms with van der Waals surface area (Å²) < 4.78 is 6.60. The number of furan rings is 1. The lowest BCUT2D eigenvalue weighted by Crippen LogP contribution is -2.10. The van der Waals surface area contributed by atoms with Crippen LogP contribution in [0, 0.1) is 10.1 Å². The third-order valence-corrected chi connectivity index (χ3v) is 2.68. The van der Waals surface area contributed by atoms with Gasteiger partial charge in [0.1, 0.15) is 17.2 Å². The highest BCUT2D eigenvalue weighted by molar-refractivity contribution is 5.17. The highest BCUT2D eigenvalue weighted by Crippen LogP contribution is 2.17. The van der Waals surface area contributed by atoms with Crippen LogP contribution in [-0.4, -0.2) is 19.9 Å². The van der Waals surface area contributed by atoms with Gasteiger partial charge in [0.2, 0.25) is 0 Å². The van der Waals surface area contributed by atoms with Crippen molar-refractivity contribution in [2.45, 2.75) is 32.4 Å². The van der Waals surface area contributed by atoms with Gasteiger partial charge in [-0.2, -0.15) is 0 Å². The summed E-state index contributed by atoms with van der Waals surface area (Å²) in [5.41, 5.74) is 6.64. The van der Waals surface area contributed by atoms with E-state index >= 15 is 0 Å². The third kappa shape index (κ3) is 3.16. The molecule has 19 heavy (non-hydrogen) atoms. The Morgan fingerprint density at radius 2 is 2.37 bits per heavy atom. The zero-order valence-corrected chi connectivity index (χ0v) is 10.5. The van der Waals surface area contributed by atoms with E-state index in [9.17, 15) is 10.1 Å². The van der Waals surface area contributed by atoms with Gasteiger partial charge in [0.25, 0.3) is 0 Å². The van der Waals surface area contributed by atoms with E-state index in [0.717, 1.165) is 12.8 Å². The maximum atomic E-state index is 10.5. The number of hydrogen-bond donors (Lipinski definition) is 1. The van der Waals surface area contributed by atoms with Gasteiger partial charge in [-0.3, -0.25) is 10.1 Å². The average Bonchev–Trinajstić information content (AvgIpc) is 2.99. The summed E-state index contributed by atoms with van der Waals surface area (Å²) in [6.07, 6.45) is 3.54. The van der Waals surface area contributed by atoms with Crippen molar-refractivity contribution in [3.8, 4) is 0 Å². The van der Waals surface area contributed by atoms with Gasteiger partial charge in [0, 0.05) is 0 Å². The van der Waals surface area contributed by atoms with Crippen LogP contribution in [0.2, 0.25) is 0 Å². The molecular formula is C11H15N5O3. The van der Waals surface area contributed by atoms with Gasteiger partial charge in [-0.05, 0) is 12.5 Å². The zero-order chi connectivity index (χ0) is 13.8. The van der Waals surface area contributed by atoms with Gasteiger partial charge in [-0.15, -0.1) is 5.10 Å². The van der Waals surface area contributed by atoms with Crippen molar-refractivity contribution < 1.29 is 9.34 Å². The van der Waals surface area contributed by atoms with Crippen LogP contribution in [0.4, 0.5) is 5.88 Å². The summed E-state index contributed by atoms with van der Waals surface area (Å²) in [5.74, 6) is 0.172. The largest absolute Gasteiger partial charge is 0.433 e. The first-order chi connectivity index (χ1) is 9.10. The van der Waals surface area contributed by atoms with Crippen LogP contribution in [0.5, 0.6) is 0 Å². The number of rotatable bonds is 6. The van der Waals surface area contributed by atoms with E-state index in [1.807, 2.05) is 6.92 Å². The fraction of sp³-hybridized carbons (Fsp3) is 0.455. The molecule has 2 aromatic rings. The Bertz CT molecular complexity index is 562. The normalized spacial score (nSPS) is 12.5. The Balaban J connectivity index is 2.04. The zero-order valence-electron chi connectivity index (χ0n) is 10.5. The predicted octanol–water partition coefficient (Wildman–Crippen LogP) is 1.63. The molecule has 2 aromatic heterocycles. The molecule has 0 aromatic carbocycles. The van der Waals surface area contributed by atoms with Crippen LogP contribution in [0.15, 0.2) is 22.7 Å². The van der Waals surface area contributed by atoms with Crippen molar-refractivity contribution in [3.63, 3.8) is 0 Å². The first-order valence-corrected chi connectivity index (χ1v) is 5.99. The molecular weight excluding hydrogens is 250 g/mol. The van der Waals surface area contributed by atoms with E-state index in [1.54, 1.807) is 16.9 Å². The molecule has 0 aliphatic carbocycles. The average molecular weight is 265 g/mol. The lowest BCUT2D eigenvalue weighted by molar-refractivity contribution is -0.402. The summed E-state index contributed by atoms with van der Waals surface area (Å²) in [6, 6.07) is 2.73. The SMILES string of the molecule is CCCC(N)c1cn(Cc2ccc([N+](=O)[O-])o2)nn1. The molecule has 0 spiro atoms. The number of nitro groups is 1. The molecule has 0 fully saturated rings. The van der Waals surface area contributed by atoms with Crippen molar-refractivity contribution in [1.82, 2.24) is 15.0 Å². The van der Waals surface area contributed by atoms with Crippen LogP contribution >= 0.6 is 0 Å². The van der Waals surface area contributed by atoms with Crippen molar-refractivity contribution in [2.24, 2.45) is 5.73 Å². The van der Waals surface area contributed by atoms with Gasteiger partial charge >= 0.3 is 5.88 Å². The molecule has 0 radical (unpaired) electrons. The molecule has 1 unspecified atom stereocenters. The van der Waals surface area contributed by atoms with Crippen molar-refractivity contribution in [1.29, 1.82) is 0 Å². The van der Waals surface area contributed by atoms with E-state index in [0.29, 0.717) is 18.0 Å². The highest BCUT2D eigenvalue weighted by Gasteiger charge is 2.14. The Morgan fingerprint density at radius 3 is 3.00 bits per heavy atom. The molecule has 8 heteroatoms. The minimum absolute atomic E-state index is 0.135. The Morgan fingerprint density at radius 1 is 1.58 bits per heavy atom. The lowest BCUT2D eigenvalue weighted by atomic mass is 10.1. The summed E-state index contributed by atoms with van der Waals surface area (Å²) >= 11 is 0. The number of nitrogens with zero attached hydrogens (tertiary/aromatic N) is 4. The van der Waals surface area contributed by atoms with Crippen LogP contribution in [-0.2, 0) is 6.54 Å². The summed E-state index contributed by atoms with van der Waals surface area (Å²) in [5, 5.41) is 18.4. The summed E-state index contributed by atoms with van der Waals surface area (Å²) in [6.45, 7) is 2.34. The van der Waals surface area contributed by atoms with Crippen molar-refractivity contribution in [3.05, 3.63) is 39.9 Å². The monoisotopic (exact) mass is 265 g/mol. The van der Waals surface area contributed by atoms with Crippen LogP contribution in [0.25, 0.3) is 0 Å². The van der Waals surface area contributed by atoms with Crippen molar-refractivity contribution >= 4 is 5.88 Å². The Labute approximate surface area is 109 Å². The lowest BCUT2D eigenvalue weighted by Gasteiger charge is -2.04. The molecule has 0 bridgehead atoms. The predicted molar refractivity (Wildman–Crippen MR) is 66.3 cm³/mol.